The van der Waals surface area contributed by atoms with Crippen LogP contribution < -0.4 is 10.1 Å². The molecular formula is C15H16N2O4. The molecule has 0 bridgehead atoms. The zero-order valence-electron chi connectivity index (χ0n) is 11.7. The first kappa shape index (κ1) is 14.6. The zero-order chi connectivity index (χ0) is 15.4. The molecule has 0 heterocycles. The number of hydrogen-bond donors (Lipinski definition) is 2. The molecule has 6 nitrogen and oxygen atoms in total. The first-order valence-corrected chi connectivity index (χ1v) is 6.39. The Morgan fingerprint density at radius 1 is 1.29 bits per heavy atom. The molecule has 0 aromatic heterocycles. The van der Waals surface area contributed by atoms with Crippen LogP contribution >= 0.6 is 0 Å². The SMILES string of the molecule is COc1cccc(C(C)Nc2ccc(O)cc2[N+](=O)[O-])c1. The van der Waals surface area contributed by atoms with E-state index in [0.29, 0.717) is 5.69 Å². The third kappa shape index (κ3) is 3.42. The summed E-state index contributed by atoms with van der Waals surface area (Å²) in [6, 6.07) is 11.3. The average molecular weight is 288 g/mol. The number of benzene rings is 2. The van der Waals surface area contributed by atoms with Gasteiger partial charge in [0.2, 0.25) is 0 Å². The van der Waals surface area contributed by atoms with Gasteiger partial charge in [-0.3, -0.25) is 10.1 Å². The summed E-state index contributed by atoms with van der Waals surface area (Å²) < 4.78 is 5.16. The van der Waals surface area contributed by atoms with E-state index in [2.05, 4.69) is 5.32 Å². The van der Waals surface area contributed by atoms with Gasteiger partial charge in [0.15, 0.2) is 0 Å². The number of nitro groups is 1. The van der Waals surface area contributed by atoms with Crippen molar-refractivity contribution in [1.29, 1.82) is 0 Å². The highest BCUT2D eigenvalue weighted by Crippen LogP contribution is 2.31. The smallest absolute Gasteiger partial charge is 0.296 e. The van der Waals surface area contributed by atoms with Crippen LogP contribution in [0.15, 0.2) is 42.5 Å². The predicted octanol–water partition coefficient (Wildman–Crippen LogP) is 3.48. The molecule has 0 amide bonds. The molecule has 110 valence electrons. The number of methoxy groups -OCH3 is 1. The number of ether oxygens (including phenoxy) is 1. The summed E-state index contributed by atoms with van der Waals surface area (Å²) in [4.78, 5) is 10.5. The molecule has 0 radical (unpaired) electrons. The quantitative estimate of drug-likeness (QED) is 0.500. The van der Waals surface area contributed by atoms with Gasteiger partial charge >= 0.3 is 0 Å². The number of nitrogens with zero attached hydrogens (tertiary/aromatic N) is 1. The van der Waals surface area contributed by atoms with Crippen molar-refractivity contribution >= 4 is 11.4 Å². The standard InChI is InChI=1S/C15H16N2O4/c1-10(11-4-3-5-13(8-11)21-2)16-14-7-6-12(18)9-15(14)17(19)20/h3-10,16,18H,1-2H3. The molecular weight excluding hydrogens is 272 g/mol. The van der Waals surface area contributed by atoms with Crippen molar-refractivity contribution in [1.82, 2.24) is 0 Å². The second-order valence-electron chi connectivity index (χ2n) is 4.60. The van der Waals surface area contributed by atoms with Gasteiger partial charge in [-0.2, -0.15) is 0 Å². The fourth-order valence-corrected chi connectivity index (χ4v) is 2.02. The molecule has 2 rings (SSSR count). The zero-order valence-corrected chi connectivity index (χ0v) is 11.7. The first-order valence-electron chi connectivity index (χ1n) is 6.39. The lowest BCUT2D eigenvalue weighted by Crippen LogP contribution is -2.08. The molecule has 0 spiro atoms. The van der Waals surface area contributed by atoms with Gasteiger partial charge in [0.05, 0.1) is 18.1 Å². The van der Waals surface area contributed by atoms with Crippen LogP contribution in [0.1, 0.15) is 18.5 Å². The Kier molecular flexibility index (Phi) is 4.27. The van der Waals surface area contributed by atoms with E-state index >= 15 is 0 Å². The maximum Gasteiger partial charge on any atom is 0.296 e. The van der Waals surface area contributed by atoms with Gasteiger partial charge < -0.3 is 15.2 Å². The highest BCUT2D eigenvalue weighted by Gasteiger charge is 2.17. The molecule has 0 aliphatic heterocycles. The van der Waals surface area contributed by atoms with E-state index in [0.717, 1.165) is 17.4 Å². The van der Waals surface area contributed by atoms with E-state index in [1.807, 2.05) is 31.2 Å². The molecule has 0 saturated carbocycles. The van der Waals surface area contributed by atoms with E-state index in [-0.39, 0.29) is 17.5 Å². The Balaban J connectivity index is 2.26. The maximum atomic E-state index is 11.0. The van der Waals surface area contributed by atoms with Gasteiger partial charge in [-0.25, -0.2) is 0 Å². The number of aromatic hydroxyl groups is 1. The van der Waals surface area contributed by atoms with Crippen LogP contribution in [0.5, 0.6) is 11.5 Å². The minimum Gasteiger partial charge on any atom is -0.508 e. The molecule has 6 heteroatoms. The summed E-state index contributed by atoms with van der Waals surface area (Å²) in [6.07, 6.45) is 0. The van der Waals surface area contributed by atoms with Crippen molar-refractivity contribution < 1.29 is 14.8 Å². The van der Waals surface area contributed by atoms with Gasteiger partial charge in [0, 0.05) is 6.04 Å². The summed E-state index contributed by atoms with van der Waals surface area (Å²) in [5.74, 6) is 0.586. The maximum absolute atomic E-state index is 11.0. The van der Waals surface area contributed by atoms with Crippen LogP contribution in [0.4, 0.5) is 11.4 Å². The number of nitrogens with one attached hydrogen (secondary N) is 1. The predicted molar refractivity (Wildman–Crippen MR) is 79.8 cm³/mol. The van der Waals surface area contributed by atoms with Crippen molar-refractivity contribution in [2.75, 3.05) is 12.4 Å². The highest BCUT2D eigenvalue weighted by atomic mass is 16.6. The van der Waals surface area contributed by atoms with Gasteiger partial charge in [0.25, 0.3) is 5.69 Å². The molecule has 0 aliphatic rings. The Morgan fingerprint density at radius 2 is 2.05 bits per heavy atom. The Hall–Kier alpha value is -2.76. The minimum atomic E-state index is -0.527. The van der Waals surface area contributed by atoms with Crippen molar-refractivity contribution in [2.24, 2.45) is 0 Å². The number of nitro benzene ring substituents is 1. The Morgan fingerprint density at radius 3 is 2.71 bits per heavy atom. The summed E-state index contributed by atoms with van der Waals surface area (Å²) in [5, 5.41) is 23.5. The van der Waals surface area contributed by atoms with E-state index in [9.17, 15) is 15.2 Å². The van der Waals surface area contributed by atoms with Crippen molar-refractivity contribution in [3.63, 3.8) is 0 Å². The van der Waals surface area contributed by atoms with E-state index in [1.165, 1.54) is 12.1 Å². The third-order valence-electron chi connectivity index (χ3n) is 3.14. The molecule has 1 atom stereocenters. The number of phenols is 1. The molecule has 0 fully saturated rings. The number of hydrogen-bond acceptors (Lipinski definition) is 5. The van der Waals surface area contributed by atoms with E-state index in [1.54, 1.807) is 7.11 Å². The molecule has 2 aromatic rings. The summed E-state index contributed by atoms with van der Waals surface area (Å²) in [7, 11) is 1.59. The number of anilines is 1. The average Bonchev–Trinajstić information content (AvgIpc) is 2.48. The number of phenolic OH excluding ortho intramolecular Hbond substituents is 1. The normalized spacial score (nSPS) is 11.7. The molecule has 0 saturated heterocycles. The summed E-state index contributed by atoms with van der Waals surface area (Å²) in [6.45, 7) is 1.89. The van der Waals surface area contributed by atoms with E-state index in [4.69, 9.17) is 4.74 Å². The van der Waals surface area contributed by atoms with E-state index < -0.39 is 4.92 Å². The monoisotopic (exact) mass is 288 g/mol. The second kappa shape index (κ2) is 6.13. The van der Waals surface area contributed by atoms with Gasteiger partial charge in [-0.1, -0.05) is 12.1 Å². The van der Waals surface area contributed by atoms with Crippen LogP contribution in [-0.4, -0.2) is 17.1 Å². The Bertz CT molecular complexity index is 658. The van der Waals surface area contributed by atoms with Gasteiger partial charge in [0.1, 0.15) is 17.2 Å². The fourth-order valence-electron chi connectivity index (χ4n) is 2.02. The van der Waals surface area contributed by atoms with Gasteiger partial charge in [-0.05, 0) is 36.8 Å². The largest absolute Gasteiger partial charge is 0.508 e. The molecule has 21 heavy (non-hydrogen) atoms. The number of rotatable bonds is 5. The minimum absolute atomic E-state index is 0.138. The first-order chi connectivity index (χ1) is 10.0. The lowest BCUT2D eigenvalue weighted by molar-refractivity contribution is -0.384. The Labute approximate surface area is 122 Å². The van der Waals surface area contributed by atoms with Crippen LogP contribution in [0.3, 0.4) is 0 Å². The summed E-state index contributed by atoms with van der Waals surface area (Å²) >= 11 is 0. The highest BCUT2D eigenvalue weighted by molar-refractivity contribution is 5.64. The molecule has 0 aliphatic carbocycles. The van der Waals surface area contributed by atoms with Crippen molar-refractivity contribution in [2.45, 2.75) is 13.0 Å². The van der Waals surface area contributed by atoms with Crippen LogP contribution in [0.25, 0.3) is 0 Å². The van der Waals surface area contributed by atoms with Crippen LogP contribution in [-0.2, 0) is 0 Å². The van der Waals surface area contributed by atoms with Gasteiger partial charge in [-0.15, -0.1) is 0 Å². The summed E-state index contributed by atoms with van der Waals surface area (Å²) in [5.41, 5.74) is 1.13. The third-order valence-corrected chi connectivity index (χ3v) is 3.14. The van der Waals surface area contributed by atoms with Crippen LogP contribution in [0.2, 0.25) is 0 Å². The molecule has 2 aromatic carbocycles. The molecule has 2 N–H and O–H groups in total. The van der Waals surface area contributed by atoms with Crippen molar-refractivity contribution in [3.05, 3.63) is 58.1 Å². The lowest BCUT2D eigenvalue weighted by atomic mass is 10.1. The second-order valence-corrected chi connectivity index (χ2v) is 4.60. The van der Waals surface area contributed by atoms with Crippen LogP contribution in [0, 0.1) is 10.1 Å². The lowest BCUT2D eigenvalue weighted by Gasteiger charge is -2.16. The topological polar surface area (TPSA) is 84.6 Å². The fraction of sp³-hybridized carbons (Fsp3) is 0.200. The van der Waals surface area contributed by atoms with Crippen molar-refractivity contribution in [3.8, 4) is 11.5 Å². The molecule has 1 unspecified atom stereocenters.